The van der Waals surface area contributed by atoms with Crippen LogP contribution in [0.5, 0.6) is 0 Å². The number of amides is 1. The van der Waals surface area contributed by atoms with Crippen molar-refractivity contribution in [1.82, 2.24) is 0 Å². The number of ether oxygens (including phenoxy) is 1. The van der Waals surface area contributed by atoms with Crippen molar-refractivity contribution in [1.29, 1.82) is 0 Å². The maximum absolute atomic E-state index is 12.0. The molecule has 20 heavy (non-hydrogen) atoms. The summed E-state index contributed by atoms with van der Waals surface area (Å²) in [4.78, 5) is 14.0. The van der Waals surface area contributed by atoms with Crippen molar-refractivity contribution in [3.8, 4) is 0 Å². The SMILES string of the molecule is COCCCC(N)C(=O)Nc1ccc(C)c(N(C)C)c1. The predicted octanol–water partition coefficient (Wildman–Crippen LogP) is 1.75. The number of nitrogens with one attached hydrogen (secondary N) is 1. The van der Waals surface area contributed by atoms with Crippen LogP contribution < -0.4 is 16.0 Å². The second kappa shape index (κ2) is 7.87. The lowest BCUT2D eigenvalue weighted by Crippen LogP contribution is -2.35. The molecule has 1 aromatic rings. The summed E-state index contributed by atoms with van der Waals surface area (Å²) in [6.45, 7) is 2.66. The molecule has 5 heteroatoms. The van der Waals surface area contributed by atoms with Crippen LogP contribution in [0.1, 0.15) is 18.4 Å². The first-order chi connectivity index (χ1) is 9.45. The molecule has 0 aliphatic carbocycles. The molecule has 0 radical (unpaired) electrons. The van der Waals surface area contributed by atoms with Crippen LogP contribution in [-0.2, 0) is 9.53 Å². The summed E-state index contributed by atoms with van der Waals surface area (Å²) in [5.74, 6) is -0.158. The maximum atomic E-state index is 12.0. The third-order valence-corrected chi connectivity index (χ3v) is 3.16. The van der Waals surface area contributed by atoms with Gasteiger partial charge in [0.1, 0.15) is 0 Å². The van der Waals surface area contributed by atoms with Crippen molar-refractivity contribution in [3.05, 3.63) is 23.8 Å². The first-order valence-corrected chi connectivity index (χ1v) is 6.79. The Labute approximate surface area is 121 Å². The van der Waals surface area contributed by atoms with Crippen LogP contribution in [0.2, 0.25) is 0 Å². The third kappa shape index (κ3) is 4.83. The number of rotatable bonds is 7. The lowest BCUT2D eigenvalue weighted by atomic mass is 10.1. The molecule has 112 valence electrons. The van der Waals surface area contributed by atoms with Gasteiger partial charge in [0.25, 0.3) is 0 Å². The largest absolute Gasteiger partial charge is 0.385 e. The Bertz CT molecular complexity index is 447. The topological polar surface area (TPSA) is 67.6 Å². The number of carbonyl (C=O) groups is 1. The Morgan fingerprint density at radius 3 is 2.75 bits per heavy atom. The molecule has 0 saturated heterocycles. The monoisotopic (exact) mass is 279 g/mol. The molecule has 1 atom stereocenters. The molecule has 0 fully saturated rings. The Hall–Kier alpha value is -1.59. The number of methoxy groups -OCH3 is 1. The van der Waals surface area contributed by atoms with Gasteiger partial charge in [-0.3, -0.25) is 4.79 Å². The van der Waals surface area contributed by atoms with Crippen LogP contribution in [-0.4, -0.2) is 39.8 Å². The zero-order chi connectivity index (χ0) is 15.1. The second-order valence-corrected chi connectivity index (χ2v) is 5.13. The van der Waals surface area contributed by atoms with Gasteiger partial charge in [0.05, 0.1) is 6.04 Å². The minimum absolute atomic E-state index is 0.158. The molecule has 3 N–H and O–H groups in total. The number of nitrogens with two attached hydrogens (primary N) is 1. The highest BCUT2D eigenvalue weighted by Crippen LogP contribution is 2.22. The second-order valence-electron chi connectivity index (χ2n) is 5.13. The van der Waals surface area contributed by atoms with E-state index in [1.54, 1.807) is 7.11 Å². The van der Waals surface area contributed by atoms with Crippen molar-refractivity contribution in [2.75, 3.05) is 38.0 Å². The zero-order valence-electron chi connectivity index (χ0n) is 12.8. The number of nitrogens with zero attached hydrogens (tertiary/aromatic N) is 1. The van der Waals surface area contributed by atoms with E-state index in [9.17, 15) is 4.79 Å². The molecule has 1 aromatic carbocycles. The molecular formula is C15H25N3O2. The van der Waals surface area contributed by atoms with Crippen molar-refractivity contribution < 1.29 is 9.53 Å². The Morgan fingerprint density at radius 2 is 2.15 bits per heavy atom. The van der Waals surface area contributed by atoms with Crippen LogP contribution in [0.25, 0.3) is 0 Å². The summed E-state index contributed by atoms with van der Waals surface area (Å²) in [6.07, 6.45) is 1.40. The van der Waals surface area contributed by atoms with Gasteiger partial charge >= 0.3 is 0 Å². The van der Waals surface area contributed by atoms with E-state index in [0.29, 0.717) is 13.0 Å². The molecule has 0 aliphatic heterocycles. The van der Waals surface area contributed by atoms with E-state index in [0.717, 1.165) is 23.4 Å². The summed E-state index contributed by atoms with van der Waals surface area (Å²) in [6, 6.07) is 5.33. The van der Waals surface area contributed by atoms with Gasteiger partial charge in [-0.05, 0) is 37.5 Å². The molecule has 1 amide bonds. The van der Waals surface area contributed by atoms with Gasteiger partial charge < -0.3 is 20.7 Å². The van der Waals surface area contributed by atoms with Crippen molar-refractivity contribution >= 4 is 17.3 Å². The minimum atomic E-state index is -0.505. The van der Waals surface area contributed by atoms with Crippen LogP contribution in [0.3, 0.4) is 0 Å². The maximum Gasteiger partial charge on any atom is 0.241 e. The minimum Gasteiger partial charge on any atom is -0.385 e. The Morgan fingerprint density at radius 1 is 1.45 bits per heavy atom. The summed E-state index contributed by atoms with van der Waals surface area (Å²) in [5, 5.41) is 2.86. The molecule has 0 aliphatic rings. The molecule has 0 aromatic heterocycles. The number of anilines is 2. The third-order valence-electron chi connectivity index (χ3n) is 3.16. The molecule has 1 unspecified atom stereocenters. The van der Waals surface area contributed by atoms with Crippen molar-refractivity contribution in [2.24, 2.45) is 5.73 Å². The van der Waals surface area contributed by atoms with E-state index in [2.05, 4.69) is 5.32 Å². The van der Waals surface area contributed by atoms with Crippen LogP contribution in [0.4, 0.5) is 11.4 Å². The number of hydrogen-bond acceptors (Lipinski definition) is 4. The van der Waals surface area contributed by atoms with E-state index in [-0.39, 0.29) is 5.91 Å². The molecule has 0 heterocycles. The van der Waals surface area contributed by atoms with E-state index < -0.39 is 6.04 Å². The number of hydrogen-bond donors (Lipinski definition) is 2. The van der Waals surface area contributed by atoms with E-state index >= 15 is 0 Å². The van der Waals surface area contributed by atoms with Crippen LogP contribution >= 0.6 is 0 Å². The lowest BCUT2D eigenvalue weighted by Gasteiger charge is -2.18. The number of benzene rings is 1. The summed E-state index contributed by atoms with van der Waals surface area (Å²) >= 11 is 0. The van der Waals surface area contributed by atoms with E-state index in [4.69, 9.17) is 10.5 Å². The van der Waals surface area contributed by atoms with Gasteiger partial charge in [0.2, 0.25) is 5.91 Å². The summed E-state index contributed by atoms with van der Waals surface area (Å²) < 4.78 is 4.95. The fourth-order valence-electron chi connectivity index (χ4n) is 1.98. The molecule has 1 rings (SSSR count). The molecule has 0 spiro atoms. The highest BCUT2D eigenvalue weighted by molar-refractivity contribution is 5.95. The zero-order valence-corrected chi connectivity index (χ0v) is 12.8. The van der Waals surface area contributed by atoms with Crippen LogP contribution in [0, 0.1) is 6.92 Å². The Kier molecular flexibility index (Phi) is 6.48. The fraction of sp³-hybridized carbons (Fsp3) is 0.533. The summed E-state index contributed by atoms with van der Waals surface area (Å²) in [7, 11) is 5.59. The van der Waals surface area contributed by atoms with Crippen LogP contribution in [0.15, 0.2) is 18.2 Å². The van der Waals surface area contributed by atoms with Gasteiger partial charge in [0, 0.05) is 39.2 Å². The van der Waals surface area contributed by atoms with E-state index in [1.807, 2.05) is 44.1 Å². The average Bonchev–Trinajstić information content (AvgIpc) is 2.40. The molecule has 5 nitrogen and oxygen atoms in total. The first-order valence-electron chi connectivity index (χ1n) is 6.79. The highest BCUT2D eigenvalue weighted by atomic mass is 16.5. The van der Waals surface area contributed by atoms with Gasteiger partial charge in [-0.2, -0.15) is 0 Å². The molecule has 0 bridgehead atoms. The highest BCUT2D eigenvalue weighted by Gasteiger charge is 2.13. The molecular weight excluding hydrogens is 254 g/mol. The first kappa shape index (κ1) is 16.5. The van der Waals surface area contributed by atoms with Crippen molar-refractivity contribution in [3.63, 3.8) is 0 Å². The normalized spacial score (nSPS) is 12.1. The smallest absolute Gasteiger partial charge is 0.241 e. The quantitative estimate of drug-likeness (QED) is 0.746. The fourth-order valence-corrected chi connectivity index (χ4v) is 1.98. The van der Waals surface area contributed by atoms with Gasteiger partial charge in [-0.1, -0.05) is 6.07 Å². The van der Waals surface area contributed by atoms with Gasteiger partial charge in [0.15, 0.2) is 0 Å². The molecule has 0 saturated carbocycles. The lowest BCUT2D eigenvalue weighted by molar-refractivity contribution is -0.117. The number of aryl methyl sites for hydroxylation is 1. The van der Waals surface area contributed by atoms with Crippen molar-refractivity contribution in [2.45, 2.75) is 25.8 Å². The average molecular weight is 279 g/mol. The summed E-state index contributed by atoms with van der Waals surface area (Å²) in [5.41, 5.74) is 8.87. The standard InChI is InChI=1S/C15H25N3O2/c1-11-7-8-12(10-14(11)18(2)3)17-15(19)13(16)6-5-9-20-4/h7-8,10,13H,5-6,9,16H2,1-4H3,(H,17,19). The number of carbonyl (C=O) groups excluding carboxylic acids is 1. The Balaban J connectivity index is 2.64. The van der Waals surface area contributed by atoms with Gasteiger partial charge in [-0.15, -0.1) is 0 Å². The van der Waals surface area contributed by atoms with E-state index in [1.165, 1.54) is 0 Å². The van der Waals surface area contributed by atoms with Gasteiger partial charge in [-0.25, -0.2) is 0 Å². The predicted molar refractivity (Wildman–Crippen MR) is 83.2 cm³/mol.